The highest BCUT2D eigenvalue weighted by atomic mass is 79.9. The molecule has 0 fully saturated rings. The van der Waals surface area contributed by atoms with Crippen molar-refractivity contribution < 1.29 is 9.53 Å². The Hall–Kier alpha value is -3.45. The molecule has 4 aromatic rings. The molecule has 7 heteroatoms. The Labute approximate surface area is 219 Å². The van der Waals surface area contributed by atoms with Crippen molar-refractivity contribution in [1.29, 1.82) is 0 Å². The standard InChI is InChI=1S/C29H30BrN3O3/c1-4-6-18-32(28(34)20-12-11-13-21(30)19-20)24(5-2)27-31-23-15-8-7-14-22(23)29(35)33(27)25-16-9-10-17-26(25)36-3/h7-17,19,24H,4-6,18H2,1-3H3. The Kier molecular flexibility index (Phi) is 8.21. The van der Waals surface area contributed by atoms with Crippen LogP contribution in [0.4, 0.5) is 0 Å². The van der Waals surface area contributed by atoms with Crippen LogP contribution in [0.3, 0.4) is 0 Å². The van der Waals surface area contributed by atoms with E-state index in [0.717, 1.165) is 17.3 Å². The average Bonchev–Trinajstić information content (AvgIpc) is 2.90. The Balaban J connectivity index is 1.97. The zero-order chi connectivity index (χ0) is 25.7. The second-order valence-corrected chi connectivity index (χ2v) is 9.50. The summed E-state index contributed by atoms with van der Waals surface area (Å²) in [4.78, 5) is 34.6. The Bertz CT molecular complexity index is 1430. The molecule has 0 N–H and O–H groups in total. The molecule has 36 heavy (non-hydrogen) atoms. The number of para-hydroxylation sites is 3. The molecule has 1 unspecified atom stereocenters. The summed E-state index contributed by atoms with van der Waals surface area (Å²) in [7, 11) is 1.58. The largest absolute Gasteiger partial charge is 0.495 e. The molecule has 3 aromatic carbocycles. The van der Waals surface area contributed by atoms with Crippen molar-refractivity contribution in [3.05, 3.63) is 99.0 Å². The number of benzene rings is 3. The lowest BCUT2D eigenvalue weighted by atomic mass is 10.1. The summed E-state index contributed by atoms with van der Waals surface area (Å²) in [6.07, 6.45) is 2.36. The molecule has 0 saturated carbocycles. The number of halogens is 1. The lowest BCUT2D eigenvalue weighted by Crippen LogP contribution is -2.39. The molecule has 4 rings (SSSR count). The van der Waals surface area contributed by atoms with E-state index in [9.17, 15) is 9.59 Å². The van der Waals surface area contributed by atoms with E-state index < -0.39 is 6.04 Å². The van der Waals surface area contributed by atoms with Gasteiger partial charge in [-0.1, -0.05) is 66.5 Å². The number of methoxy groups -OCH3 is 1. The highest BCUT2D eigenvalue weighted by Gasteiger charge is 2.30. The van der Waals surface area contributed by atoms with Crippen LogP contribution in [0.1, 0.15) is 55.3 Å². The van der Waals surface area contributed by atoms with Gasteiger partial charge in [0.1, 0.15) is 11.6 Å². The summed E-state index contributed by atoms with van der Waals surface area (Å²) < 4.78 is 8.07. The molecule has 1 aromatic heterocycles. The Morgan fingerprint density at radius 3 is 2.53 bits per heavy atom. The van der Waals surface area contributed by atoms with Gasteiger partial charge in [0, 0.05) is 16.6 Å². The molecule has 0 aliphatic rings. The van der Waals surface area contributed by atoms with E-state index in [1.54, 1.807) is 17.7 Å². The van der Waals surface area contributed by atoms with Crippen molar-refractivity contribution in [2.24, 2.45) is 0 Å². The number of aromatic nitrogens is 2. The highest BCUT2D eigenvalue weighted by molar-refractivity contribution is 9.10. The lowest BCUT2D eigenvalue weighted by Gasteiger charge is -2.32. The normalized spacial score (nSPS) is 11.9. The fourth-order valence-corrected chi connectivity index (χ4v) is 4.88. The van der Waals surface area contributed by atoms with Crippen LogP contribution in [0.25, 0.3) is 16.6 Å². The second kappa shape index (κ2) is 11.5. The molecule has 0 bridgehead atoms. The third-order valence-electron chi connectivity index (χ3n) is 6.27. The van der Waals surface area contributed by atoms with Crippen molar-refractivity contribution in [1.82, 2.24) is 14.5 Å². The fraction of sp³-hybridized carbons (Fsp3) is 0.276. The molecule has 1 heterocycles. The number of nitrogens with zero attached hydrogens (tertiary/aromatic N) is 3. The Morgan fingerprint density at radius 2 is 1.81 bits per heavy atom. The number of unbranched alkanes of at least 4 members (excludes halogenated alkanes) is 1. The first kappa shape index (κ1) is 25.6. The summed E-state index contributed by atoms with van der Waals surface area (Å²) in [6, 6.07) is 21.7. The number of carbonyl (C=O) groups is 1. The molecule has 6 nitrogen and oxygen atoms in total. The van der Waals surface area contributed by atoms with Gasteiger partial charge in [0.05, 0.1) is 29.7 Å². The predicted octanol–water partition coefficient (Wildman–Crippen LogP) is 6.55. The van der Waals surface area contributed by atoms with Gasteiger partial charge in [0.15, 0.2) is 0 Å². The van der Waals surface area contributed by atoms with Gasteiger partial charge in [0.25, 0.3) is 11.5 Å². The summed E-state index contributed by atoms with van der Waals surface area (Å²) in [5.74, 6) is 0.988. The quantitative estimate of drug-likeness (QED) is 0.238. The minimum atomic E-state index is -0.426. The van der Waals surface area contributed by atoms with Gasteiger partial charge >= 0.3 is 0 Å². The number of hydrogen-bond donors (Lipinski definition) is 0. The maximum atomic E-state index is 13.9. The van der Waals surface area contributed by atoms with E-state index in [0.29, 0.717) is 46.7 Å². The van der Waals surface area contributed by atoms with Gasteiger partial charge in [-0.2, -0.15) is 0 Å². The van der Waals surface area contributed by atoms with E-state index in [1.165, 1.54) is 0 Å². The van der Waals surface area contributed by atoms with E-state index in [2.05, 4.69) is 22.9 Å². The monoisotopic (exact) mass is 547 g/mol. The number of amides is 1. The van der Waals surface area contributed by atoms with E-state index in [1.807, 2.05) is 78.6 Å². The van der Waals surface area contributed by atoms with Gasteiger partial charge in [0.2, 0.25) is 0 Å². The minimum Gasteiger partial charge on any atom is -0.495 e. The summed E-state index contributed by atoms with van der Waals surface area (Å²) >= 11 is 3.48. The maximum absolute atomic E-state index is 13.9. The van der Waals surface area contributed by atoms with Gasteiger partial charge in [-0.25, -0.2) is 4.98 Å². The minimum absolute atomic E-state index is 0.0921. The van der Waals surface area contributed by atoms with Gasteiger partial charge in [-0.3, -0.25) is 14.2 Å². The first-order valence-electron chi connectivity index (χ1n) is 12.2. The predicted molar refractivity (Wildman–Crippen MR) is 147 cm³/mol. The van der Waals surface area contributed by atoms with Crippen molar-refractivity contribution in [2.45, 2.75) is 39.2 Å². The Morgan fingerprint density at radius 1 is 1.06 bits per heavy atom. The van der Waals surface area contributed by atoms with Crippen LogP contribution in [0.5, 0.6) is 5.75 Å². The molecular formula is C29H30BrN3O3. The van der Waals surface area contributed by atoms with Crippen molar-refractivity contribution in [3.8, 4) is 11.4 Å². The smallest absolute Gasteiger partial charge is 0.266 e. The molecule has 0 saturated heterocycles. The first-order valence-corrected chi connectivity index (χ1v) is 13.0. The maximum Gasteiger partial charge on any atom is 0.266 e. The van der Waals surface area contributed by atoms with Crippen LogP contribution in [0, 0.1) is 0 Å². The molecule has 0 spiro atoms. The third kappa shape index (κ3) is 5.07. The molecule has 1 atom stereocenters. The number of carbonyl (C=O) groups excluding carboxylic acids is 1. The van der Waals surface area contributed by atoms with Gasteiger partial charge in [-0.15, -0.1) is 0 Å². The zero-order valence-electron chi connectivity index (χ0n) is 20.8. The summed E-state index contributed by atoms with van der Waals surface area (Å²) in [5, 5.41) is 0.514. The molecule has 0 radical (unpaired) electrons. The fourth-order valence-electron chi connectivity index (χ4n) is 4.48. The summed E-state index contributed by atoms with van der Waals surface area (Å²) in [5.41, 5.74) is 1.60. The van der Waals surface area contributed by atoms with Crippen LogP contribution in [-0.4, -0.2) is 34.0 Å². The first-order chi connectivity index (χ1) is 17.5. The van der Waals surface area contributed by atoms with Crippen LogP contribution < -0.4 is 10.3 Å². The second-order valence-electron chi connectivity index (χ2n) is 8.59. The SMILES string of the molecule is CCCCN(C(=O)c1cccc(Br)c1)C(CC)c1nc2ccccc2c(=O)n1-c1ccccc1OC. The van der Waals surface area contributed by atoms with Gasteiger partial charge < -0.3 is 9.64 Å². The molecule has 0 aliphatic carbocycles. The highest BCUT2D eigenvalue weighted by Crippen LogP contribution is 2.31. The van der Waals surface area contributed by atoms with Crippen LogP contribution in [-0.2, 0) is 0 Å². The van der Waals surface area contributed by atoms with Crippen molar-refractivity contribution in [3.63, 3.8) is 0 Å². The summed E-state index contributed by atoms with van der Waals surface area (Å²) in [6.45, 7) is 4.67. The van der Waals surface area contributed by atoms with E-state index >= 15 is 0 Å². The number of fused-ring (bicyclic) bond motifs is 1. The van der Waals surface area contributed by atoms with Gasteiger partial charge in [-0.05, 0) is 55.3 Å². The number of ether oxygens (including phenoxy) is 1. The van der Waals surface area contributed by atoms with E-state index in [-0.39, 0.29) is 11.5 Å². The van der Waals surface area contributed by atoms with Crippen molar-refractivity contribution >= 4 is 32.7 Å². The molecular weight excluding hydrogens is 518 g/mol. The average molecular weight is 548 g/mol. The van der Waals surface area contributed by atoms with Crippen LogP contribution >= 0.6 is 15.9 Å². The topological polar surface area (TPSA) is 64.4 Å². The van der Waals surface area contributed by atoms with Crippen molar-refractivity contribution in [2.75, 3.05) is 13.7 Å². The molecule has 1 amide bonds. The zero-order valence-corrected chi connectivity index (χ0v) is 22.4. The molecule has 0 aliphatic heterocycles. The van der Waals surface area contributed by atoms with Crippen LogP contribution in [0.15, 0.2) is 82.1 Å². The molecule has 186 valence electrons. The number of rotatable bonds is 9. The number of hydrogen-bond acceptors (Lipinski definition) is 4. The third-order valence-corrected chi connectivity index (χ3v) is 6.77. The van der Waals surface area contributed by atoms with Crippen LogP contribution in [0.2, 0.25) is 0 Å². The lowest BCUT2D eigenvalue weighted by molar-refractivity contribution is 0.0656. The van der Waals surface area contributed by atoms with E-state index in [4.69, 9.17) is 9.72 Å².